The predicted molar refractivity (Wildman–Crippen MR) is 44.2 cm³/mol. The Morgan fingerprint density at radius 3 is 2.62 bits per heavy atom. The van der Waals surface area contributed by atoms with Crippen LogP contribution in [0.4, 0.5) is 0 Å². The van der Waals surface area contributed by atoms with Gasteiger partial charge in [0.15, 0.2) is 5.79 Å². The molecule has 2 rings (SSSR count). The molecule has 74 valence electrons. The standard InChI is InChI=1S/C9H14O4/c10-8(11)7-2-3-9(6-7)12-4-1-5-13-9/h7H,1-6H2,(H,10,11). The Bertz CT molecular complexity index is 208. The molecule has 1 saturated heterocycles. The summed E-state index contributed by atoms with van der Waals surface area (Å²) in [6.07, 6.45) is 2.83. The van der Waals surface area contributed by atoms with Gasteiger partial charge in [-0.05, 0) is 12.8 Å². The topological polar surface area (TPSA) is 55.8 Å². The molecule has 1 heterocycles. The maximum atomic E-state index is 10.7. The Morgan fingerprint density at radius 2 is 2.08 bits per heavy atom. The Kier molecular flexibility index (Phi) is 2.26. The van der Waals surface area contributed by atoms with Gasteiger partial charge in [0.05, 0.1) is 19.1 Å². The minimum absolute atomic E-state index is 0.280. The lowest BCUT2D eigenvalue weighted by Gasteiger charge is -2.33. The van der Waals surface area contributed by atoms with E-state index in [-0.39, 0.29) is 5.92 Å². The third kappa shape index (κ3) is 1.69. The predicted octanol–water partition coefficient (Wildman–Crippen LogP) is 1.00. The molecule has 1 aliphatic carbocycles. The second-order valence-electron chi connectivity index (χ2n) is 3.74. The van der Waals surface area contributed by atoms with Gasteiger partial charge >= 0.3 is 5.97 Å². The van der Waals surface area contributed by atoms with Crippen molar-refractivity contribution < 1.29 is 19.4 Å². The highest BCUT2D eigenvalue weighted by Crippen LogP contribution is 2.40. The van der Waals surface area contributed by atoms with Gasteiger partial charge in [0.1, 0.15) is 0 Å². The van der Waals surface area contributed by atoms with Crippen LogP contribution in [0.15, 0.2) is 0 Å². The van der Waals surface area contributed by atoms with Crippen LogP contribution in [-0.4, -0.2) is 30.1 Å². The number of hydrogen-bond acceptors (Lipinski definition) is 3. The fraction of sp³-hybridized carbons (Fsp3) is 0.889. The largest absolute Gasteiger partial charge is 0.481 e. The summed E-state index contributed by atoms with van der Waals surface area (Å²) in [6, 6.07) is 0. The van der Waals surface area contributed by atoms with Gasteiger partial charge in [0.25, 0.3) is 0 Å². The normalized spacial score (nSPS) is 32.2. The molecule has 0 radical (unpaired) electrons. The first-order valence-corrected chi connectivity index (χ1v) is 4.73. The lowest BCUT2D eigenvalue weighted by atomic mass is 10.1. The van der Waals surface area contributed by atoms with Gasteiger partial charge in [-0.15, -0.1) is 0 Å². The van der Waals surface area contributed by atoms with E-state index in [4.69, 9.17) is 14.6 Å². The number of ether oxygens (including phenoxy) is 2. The van der Waals surface area contributed by atoms with Gasteiger partial charge in [-0.3, -0.25) is 4.79 Å². The summed E-state index contributed by atoms with van der Waals surface area (Å²) in [5.41, 5.74) is 0. The third-order valence-corrected chi connectivity index (χ3v) is 2.80. The van der Waals surface area contributed by atoms with Crippen molar-refractivity contribution in [3.63, 3.8) is 0 Å². The van der Waals surface area contributed by atoms with Gasteiger partial charge in [-0.2, -0.15) is 0 Å². The van der Waals surface area contributed by atoms with Crippen molar-refractivity contribution in [3.8, 4) is 0 Å². The zero-order chi connectivity index (χ0) is 9.31. The van der Waals surface area contributed by atoms with E-state index in [1.54, 1.807) is 0 Å². The Hall–Kier alpha value is -0.610. The highest BCUT2D eigenvalue weighted by atomic mass is 16.7. The van der Waals surface area contributed by atoms with Crippen LogP contribution < -0.4 is 0 Å². The van der Waals surface area contributed by atoms with Gasteiger partial charge in [-0.1, -0.05) is 0 Å². The van der Waals surface area contributed by atoms with Crippen molar-refractivity contribution in [2.45, 2.75) is 31.5 Å². The Labute approximate surface area is 76.8 Å². The first kappa shape index (κ1) is 8.97. The highest BCUT2D eigenvalue weighted by Gasteiger charge is 2.45. The molecule has 0 bridgehead atoms. The van der Waals surface area contributed by atoms with Gasteiger partial charge in [0, 0.05) is 12.8 Å². The van der Waals surface area contributed by atoms with Crippen LogP contribution in [0, 0.1) is 5.92 Å². The number of carboxylic acid groups (broad SMARTS) is 1. The number of rotatable bonds is 1. The number of carboxylic acids is 1. The van der Waals surface area contributed by atoms with Crippen molar-refractivity contribution in [2.75, 3.05) is 13.2 Å². The molecule has 1 N–H and O–H groups in total. The second kappa shape index (κ2) is 3.27. The molecule has 0 amide bonds. The Balaban J connectivity index is 1.98. The molecule has 0 aromatic carbocycles. The zero-order valence-electron chi connectivity index (χ0n) is 7.49. The minimum atomic E-state index is -0.727. The van der Waals surface area contributed by atoms with E-state index >= 15 is 0 Å². The lowest BCUT2D eigenvalue weighted by molar-refractivity contribution is -0.263. The molecular weight excluding hydrogens is 172 g/mol. The molecule has 0 aromatic heterocycles. The number of hydrogen-bond donors (Lipinski definition) is 1. The van der Waals surface area contributed by atoms with Crippen molar-refractivity contribution in [3.05, 3.63) is 0 Å². The van der Waals surface area contributed by atoms with E-state index in [2.05, 4.69) is 0 Å². The summed E-state index contributed by atoms with van der Waals surface area (Å²) in [7, 11) is 0. The van der Waals surface area contributed by atoms with Crippen molar-refractivity contribution in [2.24, 2.45) is 5.92 Å². The molecule has 2 aliphatic rings. The maximum Gasteiger partial charge on any atom is 0.306 e. The van der Waals surface area contributed by atoms with Crippen molar-refractivity contribution >= 4 is 5.97 Å². The summed E-state index contributed by atoms with van der Waals surface area (Å²) in [5, 5.41) is 8.82. The molecule has 0 aromatic rings. The van der Waals surface area contributed by atoms with Crippen LogP contribution >= 0.6 is 0 Å². The van der Waals surface area contributed by atoms with E-state index in [0.717, 1.165) is 12.8 Å². The smallest absolute Gasteiger partial charge is 0.306 e. The molecular formula is C9H14O4. The molecule has 1 aliphatic heterocycles. The van der Waals surface area contributed by atoms with Gasteiger partial charge in [0.2, 0.25) is 0 Å². The Morgan fingerprint density at radius 1 is 1.38 bits per heavy atom. The fourth-order valence-corrected chi connectivity index (χ4v) is 2.06. The van der Waals surface area contributed by atoms with E-state index in [1.807, 2.05) is 0 Å². The molecule has 4 nitrogen and oxygen atoms in total. The molecule has 1 saturated carbocycles. The zero-order valence-corrected chi connectivity index (χ0v) is 7.49. The van der Waals surface area contributed by atoms with Gasteiger partial charge in [-0.25, -0.2) is 0 Å². The number of carbonyl (C=O) groups is 1. The molecule has 13 heavy (non-hydrogen) atoms. The van der Waals surface area contributed by atoms with Gasteiger partial charge < -0.3 is 14.6 Å². The van der Waals surface area contributed by atoms with E-state index in [0.29, 0.717) is 26.1 Å². The van der Waals surface area contributed by atoms with Crippen LogP contribution in [0.5, 0.6) is 0 Å². The number of aliphatic carboxylic acids is 1. The minimum Gasteiger partial charge on any atom is -0.481 e. The average molecular weight is 186 g/mol. The second-order valence-corrected chi connectivity index (χ2v) is 3.74. The van der Waals surface area contributed by atoms with Crippen LogP contribution in [0.1, 0.15) is 25.7 Å². The summed E-state index contributed by atoms with van der Waals surface area (Å²) < 4.78 is 11.0. The van der Waals surface area contributed by atoms with E-state index < -0.39 is 11.8 Å². The van der Waals surface area contributed by atoms with Crippen LogP contribution in [0.3, 0.4) is 0 Å². The third-order valence-electron chi connectivity index (χ3n) is 2.80. The fourth-order valence-electron chi connectivity index (χ4n) is 2.06. The molecule has 1 unspecified atom stereocenters. The lowest BCUT2D eigenvalue weighted by Crippen LogP contribution is -2.38. The monoisotopic (exact) mass is 186 g/mol. The first-order chi connectivity index (χ1) is 6.22. The molecule has 1 spiro atoms. The molecule has 1 atom stereocenters. The quantitative estimate of drug-likeness (QED) is 0.663. The summed E-state index contributed by atoms with van der Waals surface area (Å²) in [6.45, 7) is 1.40. The van der Waals surface area contributed by atoms with Crippen molar-refractivity contribution in [1.29, 1.82) is 0 Å². The SMILES string of the molecule is O=C(O)C1CCC2(C1)OCCCO2. The van der Waals surface area contributed by atoms with Crippen LogP contribution in [0.2, 0.25) is 0 Å². The van der Waals surface area contributed by atoms with Crippen molar-refractivity contribution in [1.82, 2.24) is 0 Å². The summed E-state index contributed by atoms with van der Waals surface area (Å²) >= 11 is 0. The van der Waals surface area contributed by atoms with E-state index in [9.17, 15) is 4.79 Å². The molecule has 2 fully saturated rings. The van der Waals surface area contributed by atoms with E-state index in [1.165, 1.54) is 0 Å². The summed E-state index contributed by atoms with van der Waals surface area (Å²) in [4.78, 5) is 10.7. The highest BCUT2D eigenvalue weighted by molar-refractivity contribution is 5.70. The van der Waals surface area contributed by atoms with Crippen LogP contribution in [0.25, 0.3) is 0 Å². The maximum absolute atomic E-state index is 10.7. The first-order valence-electron chi connectivity index (χ1n) is 4.73. The molecule has 4 heteroatoms. The summed E-state index contributed by atoms with van der Waals surface area (Å²) in [5.74, 6) is -1.56. The average Bonchev–Trinajstić information content (AvgIpc) is 2.51. The van der Waals surface area contributed by atoms with Crippen LogP contribution in [-0.2, 0) is 14.3 Å².